The van der Waals surface area contributed by atoms with Gasteiger partial charge in [0.05, 0.1) is 22.4 Å². The highest BCUT2D eigenvalue weighted by Crippen LogP contribution is 2.58. The monoisotopic (exact) mass is 559 g/mol. The van der Waals surface area contributed by atoms with E-state index in [0.29, 0.717) is 16.9 Å². The van der Waals surface area contributed by atoms with Gasteiger partial charge in [0.15, 0.2) is 11.6 Å². The number of hydrogen-bond donors (Lipinski definition) is 1. The van der Waals surface area contributed by atoms with Crippen LogP contribution >= 0.6 is 0 Å². The first-order valence-electron chi connectivity index (χ1n) is 13.4. The number of fused-ring (bicyclic) bond motifs is 6. The fourth-order valence-corrected chi connectivity index (χ4v) is 6.89. The molecule has 1 spiro atoms. The average molecular weight is 560 g/mol. The van der Waals surface area contributed by atoms with Crippen LogP contribution in [0.1, 0.15) is 31.8 Å². The second-order valence-electron chi connectivity index (χ2n) is 10.6. The smallest absolute Gasteiger partial charge is 0.270 e. The van der Waals surface area contributed by atoms with E-state index >= 15 is 4.39 Å². The number of Topliss-reactive ketones (excluding diaryl/α,β-unsaturated/α-hetero) is 2. The quantitative estimate of drug-likeness (QED) is 0.194. The Kier molecular flexibility index (Phi) is 5.65. The number of nitrogens with zero attached hydrogens (tertiary/aromatic N) is 2. The van der Waals surface area contributed by atoms with E-state index < -0.39 is 51.6 Å². The molecule has 9 heteroatoms. The molecule has 0 saturated carbocycles. The van der Waals surface area contributed by atoms with Gasteiger partial charge in [-0.1, -0.05) is 72.8 Å². The number of rotatable bonds is 5. The van der Waals surface area contributed by atoms with Crippen molar-refractivity contribution in [3.63, 3.8) is 0 Å². The SMILES string of the molecule is O=C(c1cccc([N+](=O)[O-])c1)[C@@H]1[C@H](C(=O)c2ccccc2F)[C@]2(C(=O)Nc3ccccc32)[C@H]2C=Cc3ccccc3N12. The van der Waals surface area contributed by atoms with E-state index in [2.05, 4.69) is 5.32 Å². The molecule has 0 aliphatic carbocycles. The van der Waals surface area contributed by atoms with Gasteiger partial charge in [-0.15, -0.1) is 0 Å². The largest absolute Gasteiger partial charge is 0.352 e. The molecule has 3 aliphatic rings. The minimum atomic E-state index is -1.61. The van der Waals surface area contributed by atoms with Crippen LogP contribution in [0.15, 0.2) is 103 Å². The van der Waals surface area contributed by atoms with Gasteiger partial charge in [-0.05, 0) is 35.4 Å². The van der Waals surface area contributed by atoms with E-state index in [1.165, 1.54) is 42.5 Å². The maximum Gasteiger partial charge on any atom is 0.270 e. The van der Waals surface area contributed by atoms with Crippen molar-refractivity contribution in [1.29, 1.82) is 0 Å². The number of nitro benzene ring substituents is 1. The van der Waals surface area contributed by atoms with Crippen molar-refractivity contribution in [1.82, 2.24) is 0 Å². The van der Waals surface area contributed by atoms with Crippen LogP contribution < -0.4 is 10.2 Å². The van der Waals surface area contributed by atoms with Crippen LogP contribution in [-0.4, -0.2) is 34.5 Å². The Morgan fingerprint density at radius 2 is 1.64 bits per heavy atom. The van der Waals surface area contributed by atoms with Gasteiger partial charge in [-0.3, -0.25) is 24.5 Å². The van der Waals surface area contributed by atoms with Gasteiger partial charge < -0.3 is 10.2 Å². The minimum absolute atomic E-state index is 0.00931. The first kappa shape index (κ1) is 25.5. The Hall–Kier alpha value is -5.44. The molecule has 7 rings (SSSR count). The molecule has 3 heterocycles. The van der Waals surface area contributed by atoms with Crippen molar-refractivity contribution in [2.45, 2.75) is 17.5 Å². The van der Waals surface area contributed by atoms with E-state index in [1.807, 2.05) is 30.4 Å². The van der Waals surface area contributed by atoms with Gasteiger partial charge in [-0.2, -0.15) is 0 Å². The first-order chi connectivity index (χ1) is 20.3. The highest BCUT2D eigenvalue weighted by molar-refractivity contribution is 6.18. The Bertz CT molecular complexity index is 1870. The predicted molar refractivity (Wildman–Crippen MR) is 154 cm³/mol. The molecule has 0 aromatic heterocycles. The van der Waals surface area contributed by atoms with Crippen molar-refractivity contribution < 1.29 is 23.7 Å². The fraction of sp³-hybridized carbons (Fsp3) is 0.121. The summed E-state index contributed by atoms with van der Waals surface area (Å²) in [6.45, 7) is 0. The van der Waals surface area contributed by atoms with Crippen molar-refractivity contribution in [3.05, 3.63) is 141 Å². The molecule has 8 nitrogen and oxygen atoms in total. The summed E-state index contributed by atoms with van der Waals surface area (Å²) in [6.07, 6.45) is 3.67. The molecule has 4 atom stereocenters. The van der Waals surface area contributed by atoms with Crippen LogP contribution in [-0.2, 0) is 10.2 Å². The van der Waals surface area contributed by atoms with E-state index in [4.69, 9.17) is 0 Å². The molecule has 1 fully saturated rings. The van der Waals surface area contributed by atoms with Crippen molar-refractivity contribution in [3.8, 4) is 0 Å². The number of ketones is 2. The fourth-order valence-electron chi connectivity index (χ4n) is 6.89. The number of carbonyl (C=O) groups excluding carboxylic acids is 3. The summed E-state index contributed by atoms with van der Waals surface area (Å²) in [7, 11) is 0. The lowest BCUT2D eigenvalue weighted by atomic mass is 9.64. The topological polar surface area (TPSA) is 110 Å². The molecule has 1 N–H and O–H groups in total. The number of amides is 1. The molecule has 0 radical (unpaired) electrons. The third-order valence-corrected chi connectivity index (χ3v) is 8.57. The van der Waals surface area contributed by atoms with Crippen LogP contribution in [0, 0.1) is 21.8 Å². The van der Waals surface area contributed by atoms with E-state index in [9.17, 15) is 24.5 Å². The lowest BCUT2D eigenvalue weighted by Crippen LogP contribution is -2.51. The van der Waals surface area contributed by atoms with Gasteiger partial charge in [0, 0.05) is 29.1 Å². The minimum Gasteiger partial charge on any atom is -0.352 e. The molecule has 4 aromatic carbocycles. The third kappa shape index (κ3) is 3.43. The zero-order valence-corrected chi connectivity index (χ0v) is 21.9. The van der Waals surface area contributed by atoms with Gasteiger partial charge in [0.1, 0.15) is 17.3 Å². The maximum absolute atomic E-state index is 15.3. The van der Waals surface area contributed by atoms with Gasteiger partial charge >= 0.3 is 0 Å². The lowest BCUT2D eigenvalue weighted by molar-refractivity contribution is -0.384. The van der Waals surface area contributed by atoms with Crippen molar-refractivity contribution >= 4 is 40.6 Å². The second kappa shape index (κ2) is 9.31. The van der Waals surface area contributed by atoms with Crippen LogP contribution in [0.4, 0.5) is 21.5 Å². The van der Waals surface area contributed by atoms with E-state index in [-0.39, 0.29) is 16.8 Å². The van der Waals surface area contributed by atoms with Crippen molar-refractivity contribution in [2.75, 3.05) is 10.2 Å². The van der Waals surface area contributed by atoms with Gasteiger partial charge in [0.25, 0.3) is 5.69 Å². The Morgan fingerprint density at radius 1 is 0.905 bits per heavy atom. The highest BCUT2D eigenvalue weighted by atomic mass is 19.1. The molecule has 0 bridgehead atoms. The van der Waals surface area contributed by atoms with Crippen LogP contribution in [0.5, 0.6) is 0 Å². The molecule has 1 saturated heterocycles. The number of para-hydroxylation sites is 2. The summed E-state index contributed by atoms with van der Waals surface area (Å²) < 4.78 is 15.3. The van der Waals surface area contributed by atoms with Crippen molar-refractivity contribution in [2.24, 2.45) is 5.92 Å². The zero-order chi connectivity index (χ0) is 29.2. The Labute approximate surface area is 239 Å². The summed E-state index contributed by atoms with van der Waals surface area (Å²) in [5, 5.41) is 14.5. The second-order valence-corrected chi connectivity index (χ2v) is 10.6. The molecule has 4 aromatic rings. The van der Waals surface area contributed by atoms with Crippen LogP contribution in [0.3, 0.4) is 0 Å². The number of hydrogen-bond acceptors (Lipinski definition) is 6. The molecule has 42 heavy (non-hydrogen) atoms. The molecular weight excluding hydrogens is 537 g/mol. The number of non-ortho nitro benzene ring substituents is 1. The number of nitrogens with one attached hydrogen (secondary N) is 1. The summed E-state index contributed by atoms with van der Waals surface area (Å²) in [5.41, 5.74) is 0.289. The van der Waals surface area contributed by atoms with E-state index in [1.54, 1.807) is 35.2 Å². The molecule has 3 aliphatic heterocycles. The third-order valence-electron chi connectivity index (χ3n) is 8.57. The number of nitro groups is 1. The first-order valence-corrected chi connectivity index (χ1v) is 13.4. The molecule has 0 unspecified atom stereocenters. The molecular formula is C33H22FN3O5. The van der Waals surface area contributed by atoms with Gasteiger partial charge in [0.2, 0.25) is 5.91 Å². The summed E-state index contributed by atoms with van der Waals surface area (Å²) in [6, 6.07) is 23.0. The normalized spacial score (nSPS) is 23.2. The maximum atomic E-state index is 15.3. The number of anilines is 2. The lowest BCUT2D eigenvalue weighted by Gasteiger charge is -2.37. The average Bonchev–Trinajstić information content (AvgIpc) is 3.49. The zero-order valence-electron chi connectivity index (χ0n) is 21.9. The Balaban J connectivity index is 1.54. The highest BCUT2D eigenvalue weighted by Gasteiger charge is 2.70. The Morgan fingerprint density at radius 3 is 2.45 bits per heavy atom. The number of carbonyl (C=O) groups is 3. The summed E-state index contributed by atoms with van der Waals surface area (Å²) >= 11 is 0. The number of benzene rings is 4. The van der Waals surface area contributed by atoms with E-state index in [0.717, 1.165) is 11.6 Å². The predicted octanol–water partition coefficient (Wildman–Crippen LogP) is 5.59. The molecule has 206 valence electrons. The molecule has 1 amide bonds. The summed E-state index contributed by atoms with van der Waals surface area (Å²) in [4.78, 5) is 56.3. The number of halogens is 1. The van der Waals surface area contributed by atoms with Gasteiger partial charge in [-0.25, -0.2) is 4.39 Å². The van der Waals surface area contributed by atoms with Crippen LogP contribution in [0.2, 0.25) is 0 Å². The summed E-state index contributed by atoms with van der Waals surface area (Å²) in [5.74, 6) is -3.93. The standard InChI is InChI=1S/C33H22FN3O5/c34-24-13-4-2-11-22(24)31(39)28-29(30(38)20-9-7-10-21(18-20)37(41)42)36-26-15-6-1-8-19(26)16-17-27(36)33(28)23-12-3-5-14-25(23)35-32(33)40/h1-18,27-29H,(H,35,40)/t27-,28-,29+,33-/m1/s1. The van der Waals surface area contributed by atoms with Crippen LogP contribution in [0.25, 0.3) is 6.08 Å².